The lowest BCUT2D eigenvalue weighted by molar-refractivity contribution is -0.132. The predicted octanol–water partition coefficient (Wildman–Crippen LogP) is 4.39. The SMILES string of the molecule is COc1ccc([C@H]2/C(=C(\O)c3ccc(Br)cc3)C(=O)C(=O)N2c2cc(C)on2)cc1OC. The van der Waals surface area contributed by atoms with Gasteiger partial charge in [0.1, 0.15) is 11.5 Å². The molecule has 2 aromatic carbocycles. The summed E-state index contributed by atoms with van der Waals surface area (Å²) in [6, 6.07) is 12.4. The van der Waals surface area contributed by atoms with Gasteiger partial charge in [-0.25, -0.2) is 0 Å². The summed E-state index contributed by atoms with van der Waals surface area (Å²) in [5.74, 6) is -0.407. The van der Waals surface area contributed by atoms with Crippen LogP contribution in [0.1, 0.15) is 22.9 Å². The maximum Gasteiger partial charge on any atom is 0.301 e. The quantitative estimate of drug-likeness (QED) is 0.316. The van der Waals surface area contributed by atoms with Gasteiger partial charge in [-0.2, -0.15) is 0 Å². The van der Waals surface area contributed by atoms with Crippen molar-refractivity contribution in [2.75, 3.05) is 19.1 Å². The molecule has 3 aromatic rings. The number of hydrogen-bond acceptors (Lipinski definition) is 7. The number of benzene rings is 2. The summed E-state index contributed by atoms with van der Waals surface area (Å²) in [7, 11) is 3.00. The monoisotopic (exact) mass is 498 g/mol. The van der Waals surface area contributed by atoms with Gasteiger partial charge < -0.3 is 19.1 Å². The van der Waals surface area contributed by atoms with E-state index in [9.17, 15) is 14.7 Å². The van der Waals surface area contributed by atoms with Gasteiger partial charge in [0, 0.05) is 16.1 Å². The maximum absolute atomic E-state index is 13.1. The Kier molecular flexibility index (Phi) is 5.75. The number of amides is 1. The van der Waals surface area contributed by atoms with Gasteiger partial charge in [0.15, 0.2) is 17.3 Å². The topological polar surface area (TPSA) is 102 Å². The number of Topliss-reactive ketones (excluding diaryl/α,β-unsaturated/α-hetero) is 1. The van der Waals surface area contributed by atoms with Gasteiger partial charge in [-0.05, 0) is 36.8 Å². The van der Waals surface area contributed by atoms with Crippen molar-refractivity contribution in [3.63, 3.8) is 0 Å². The second-order valence-electron chi connectivity index (χ2n) is 7.09. The van der Waals surface area contributed by atoms with E-state index < -0.39 is 17.7 Å². The van der Waals surface area contributed by atoms with Crippen LogP contribution in [0.2, 0.25) is 0 Å². The van der Waals surface area contributed by atoms with E-state index in [2.05, 4.69) is 21.1 Å². The number of ketones is 1. The number of methoxy groups -OCH3 is 2. The van der Waals surface area contributed by atoms with Crippen molar-refractivity contribution in [3.05, 3.63) is 75.5 Å². The molecule has 1 aromatic heterocycles. The number of nitrogens with zero attached hydrogens (tertiary/aromatic N) is 2. The third-order valence-electron chi connectivity index (χ3n) is 5.15. The summed E-state index contributed by atoms with van der Waals surface area (Å²) in [6.07, 6.45) is 0. The van der Waals surface area contributed by atoms with E-state index in [-0.39, 0.29) is 17.2 Å². The number of aliphatic hydroxyl groups is 1. The van der Waals surface area contributed by atoms with Crippen molar-refractivity contribution in [2.45, 2.75) is 13.0 Å². The lowest BCUT2D eigenvalue weighted by atomic mass is 9.95. The minimum atomic E-state index is -0.956. The van der Waals surface area contributed by atoms with E-state index in [4.69, 9.17) is 14.0 Å². The molecule has 32 heavy (non-hydrogen) atoms. The zero-order valence-electron chi connectivity index (χ0n) is 17.5. The fourth-order valence-corrected chi connectivity index (χ4v) is 3.90. The van der Waals surface area contributed by atoms with Crippen molar-refractivity contribution in [1.82, 2.24) is 5.16 Å². The van der Waals surface area contributed by atoms with E-state index >= 15 is 0 Å². The van der Waals surface area contributed by atoms with Crippen LogP contribution < -0.4 is 14.4 Å². The van der Waals surface area contributed by atoms with E-state index in [1.807, 2.05) is 0 Å². The molecule has 1 saturated heterocycles. The first-order valence-electron chi connectivity index (χ1n) is 9.58. The maximum atomic E-state index is 13.1. The molecular formula is C23H19BrN2O6. The van der Waals surface area contributed by atoms with Gasteiger partial charge in [-0.1, -0.05) is 39.3 Å². The number of aliphatic hydroxyl groups excluding tert-OH is 1. The highest BCUT2D eigenvalue weighted by Gasteiger charge is 2.48. The van der Waals surface area contributed by atoms with Crippen molar-refractivity contribution < 1.29 is 28.7 Å². The van der Waals surface area contributed by atoms with E-state index in [1.54, 1.807) is 55.5 Å². The number of hydrogen-bond donors (Lipinski definition) is 1. The van der Waals surface area contributed by atoms with Crippen molar-refractivity contribution in [1.29, 1.82) is 0 Å². The second kappa shape index (κ2) is 8.51. The van der Waals surface area contributed by atoms with E-state index in [1.165, 1.54) is 19.1 Å². The molecule has 1 N–H and O–H groups in total. The molecular weight excluding hydrogens is 480 g/mol. The molecule has 0 spiro atoms. The summed E-state index contributed by atoms with van der Waals surface area (Å²) in [5.41, 5.74) is 0.861. The molecule has 0 aliphatic carbocycles. The molecule has 8 nitrogen and oxygen atoms in total. The molecule has 9 heteroatoms. The lowest BCUT2D eigenvalue weighted by Gasteiger charge is -2.23. The van der Waals surface area contributed by atoms with Crippen LogP contribution in [0.5, 0.6) is 11.5 Å². The minimum Gasteiger partial charge on any atom is -0.507 e. The Bertz CT molecular complexity index is 1230. The van der Waals surface area contributed by atoms with E-state index in [0.717, 1.165) is 4.47 Å². The number of carbonyl (C=O) groups is 2. The molecule has 4 rings (SSSR count). The van der Waals surface area contributed by atoms with Crippen molar-refractivity contribution >= 4 is 39.2 Å². The third kappa shape index (κ3) is 3.64. The summed E-state index contributed by atoms with van der Waals surface area (Å²) < 4.78 is 16.6. The Morgan fingerprint density at radius 1 is 1.06 bits per heavy atom. The fourth-order valence-electron chi connectivity index (χ4n) is 3.64. The average molecular weight is 499 g/mol. The molecule has 164 valence electrons. The molecule has 1 atom stereocenters. The van der Waals surface area contributed by atoms with Crippen LogP contribution in [0, 0.1) is 6.92 Å². The number of aromatic nitrogens is 1. The zero-order chi connectivity index (χ0) is 23.0. The molecule has 1 aliphatic rings. The van der Waals surface area contributed by atoms with Crippen LogP contribution in [0.3, 0.4) is 0 Å². The zero-order valence-corrected chi connectivity index (χ0v) is 19.0. The number of ether oxygens (including phenoxy) is 2. The van der Waals surface area contributed by atoms with Crippen LogP contribution >= 0.6 is 15.9 Å². The Hall–Kier alpha value is -3.59. The molecule has 0 saturated carbocycles. The summed E-state index contributed by atoms with van der Waals surface area (Å²) in [6.45, 7) is 1.68. The Morgan fingerprint density at radius 2 is 1.75 bits per heavy atom. The van der Waals surface area contributed by atoms with Crippen molar-refractivity contribution in [3.8, 4) is 11.5 Å². The van der Waals surface area contributed by atoms with Crippen LogP contribution in [-0.4, -0.2) is 36.2 Å². The summed E-state index contributed by atoms with van der Waals surface area (Å²) in [5, 5.41) is 15.0. The highest BCUT2D eigenvalue weighted by molar-refractivity contribution is 9.10. The van der Waals surface area contributed by atoms with Gasteiger partial charge in [0.2, 0.25) is 0 Å². The molecule has 1 aliphatic heterocycles. The second-order valence-corrected chi connectivity index (χ2v) is 8.00. The first kappa shape index (κ1) is 21.6. The molecule has 1 amide bonds. The van der Waals surface area contributed by atoms with Gasteiger partial charge in [0.25, 0.3) is 5.78 Å². The largest absolute Gasteiger partial charge is 0.507 e. The van der Waals surface area contributed by atoms with Crippen LogP contribution in [0.15, 0.2) is 63.1 Å². The number of carbonyl (C=O) groups excluding carboxylic acids is 2. The fraction of sp³-hybridized carbons (Fsp3) is 0.174. The molecule has 1 fully saturated rings. The van der Waals surface area contributed by atoms with Gasteiger partial charge >= 0.3 is 5.91 Å². The normalized spacial score (nSPS) is 17.6. The van der Waals surface area contributed by atoms with Crippen molar-refractivity contribution in [2.24, 2.45) is 0 Å². The van der Waals surface area contributed by atoms with E-state index in [0.29, 0.717) is 28.4 Å². The van der Waals surface area contributed by atoms with Crippen LogP contribution in [0.25, 0.3) is 5.76 Å². The number of halogens is 1. The Morgan fingerprint density at radius 3 is 2.34 bits per heavy atom. The number of aryl methyl sites for hydroxylation is 1. The molecule has 2 heterocycles. The Balaban J connectivity index is 1.95. The first-order valence-corrected chi connectivity index (χ1v) is 10.4. The minimum absolute atomic E-state index is 0.0646. The van der Waals surface area contributed by atoms with Gasteiger partial charge in [-0.15, -0.1) is 0 Å². The third-order valence-corrected chi connectivity index (χ3v) is 5.68. The number of anilines is 1. The van der Waals surface area contributed by atoms with Crippen LogP contribution in [-0.2, 0) is 9.59 Å². The molecule has 0 bridgehead atoms. The highest BCUT2D eigenvalue weighted by atomic mass is 79.9. The van der Waals surface area contributed by atoms with Crippen LogP contribution in [0.4, 0.5) is 5.82 Å². The summed E-state index contributed by atoms with van der Waals surface area (Å²) in [4.78, 5) is 27.4. The average Bonchev–Trinajstić information content (AvgIpc) is 3.34. The molecule has 0 radical (unpaired) electrons. The first-order chi connectivity index (χ1) is 15.3. The number of rotatable bonds is 5. The highest BCUT2D eigenvalue weighted by Crippen LogP contribution is 2.43. The predicted molar refractivity (Wildman–Crippen MR) is 120 cm³/mol. The van der Waals surface area contributed by atoms with Gasteiger partial charge in [0.05, 0.1) is 25.8 Å². The van der Waals surface area contributed by atoms with Gasteiger partial charge in [-0.3, -0.25) is 14.5 Å². The standard InChI is InChI=1S/C23H19BrN2O6/c1-12-10-18(25-32-12)26-20(14-6-9-16(30-2)17(11-14)31-3)19(22(28)23(26)29)21(27)13-4-7-15(24)8-5-13/h4-11,20,27H,1-3H3/b21-19+/t20-/m0/s1. The summed E-state index contributed by atoms with van der Waals surface area (Å²) >= 11 is 3.35. The smallest absolute Gasteiger partial charge is 0.301 e. The lowest BCUT2D eigenvalue weighted by Crippen LogP contribution is -2.29. The Labute approximate surface area is 192 Å². The molecule has 0 unspecified atom stereocenters.